The number of carbonyl (C=O) groups is 1. The minimum Gasteiger partial charge on any atom is -0.395 e. The van der Waals surface area contributed by atoms with Crippen molar-refractivity contribution in [2.45, 2.75) is 82.6 Å². The van der Waals surface area contributed by atoms with Crippen LogP contribution in [-0.4, -0.2) is 64.2 Å². The molecule has 0 radical (unpaired) electrons. The van der Waals surface area contributed by atoms with Gasteiger partial charge in [0.25, 0.3) is 5.91 Å². The van der Waals surface area contributed by atoms with E-state index in [0.717, 1.165) is 48.6 Å². The molecule has 3 aromatic rings. The predicted molar refractivity (Wildman–Crippen MR) is 190 cm³/mol. The van der Waals surface area contributed by atoms with Gasteiger partial charge in [-0.1, -0.05) is 78.2 Å². The van der Waals surface area contributed by atoms with Gasteiger partial charge in [-0.25, -0.2) is 0 Å². The number of hydrogen-bond acceptors (Lipinski definition) is 5. The fourth-order valence-electron chi connectivity index (χ4n) is 7.04. The Labute approximate surface area is 300 Å². The van der Waals surface area contributed by atoms with Gasteiger partial charge in [0.2, 0.25) is 0 Å². The summed E-state index contributed by atoms with van der Waals surface area (Å²) in [5.74, 6) is -0.103. The van der Waals surface area contributed by atoms with Crippen LogP contribution in [0.2, 0.25) is 10.0 Å². The zero-order valence-electron chi connectivity index (χ0n) is 27.9. The average molecular weight is 727 g/mol. The molecular formula is C39H40Cl2F3N3O3. The molecule has 4 unspecified atom stereocenters. The van der Waals surface area contributed by atoms with E-state index in [-0.39, 0.29) is 30.5 Å². The Bertz CT molecular complexity index is 1760. The number of ether oxygens (including phenoxy) is 1. The van der Waals surface area contributed by atoms with E-state index in [4.69, 9.17) is 32.9 Å². The normalized spacial score (nSPS) is 23.1. The third-order valence-corrected chi connectivity index (χ3v) is 10.0. The van der Waals surface area contributed by atoms with Crippen molar-refractivity contribution in [2.24, 2.45) is 4.99 Å². The highest BCUT2D eigenvalue weighted by Crippen LogP contribution is 2.46. The summed E-state index contributed by atoms with van der Waals surface area (Å²) in [5, 5.41) is 10.9. The van der Waals surface area contributed by atoms with Crippen LogP contribution in [0.3, 0.4) is 0 Å². The average Bonchev–Trinajstić information content (AvgIpc) is 3.49. The lowest BCUT2D eigenvalue weighted by Gasteiger charge is -2.34. The van der Waals surface area contributed by atoms with Crippen molar-refractivity contribution < 1.29 is 27.8 Å². The lowest BCUT2D eigenvalue weighted by molar-refractivity contribution is -0.0993. The second kappa shape index (κ2) is 15.4. The molecule has 1 N–H and O–H groups in total. The Morgan fingerprint density at radius 2 is 1.58 bits per heavy atom. The van der Waals surface area contributed by atoms with Gasteiger partial charge >= 0.3 is 6.18 Å². The maximum atomic E-state index is 14.8. The van der Waals surface area contributed by atoms with E-state index in [2.05, 4.69) is 4.90 Å². The summed E-state index contributed by atoms with van der Waals surface area (Å²) < 4.78 is 48.0. The first-order valence-electron chi connectivity index (χ1n) is 16.9. The number of amidine groups is 1. The summed E-state index contributed by atoms with van der Waals surface area (Å²) in [6, 6.07) is 20.6. The molecular weight excluding hydrogens is 686 g/mol. The van der Waals surface area contributed by atoms with E-state index in [1.807, 2.05) is 36.4 Å². The molecule has 1 aliphatic carbocycles. The number of carbonyl (C=O) groups excluding carboxylic acids is 1. The van der Waals surface area contributed by atoms with Crippen LogP contribution >= 0.6 is 23.2 Å². The fourth-order valence-corrected chi connectivity index (χ4v) is 7.29. The number of alkyl halides is 3. The smallest absolute Gasteiger partial charge is 0.395 e. The molecule has 1 amide bonds. The number of aliphatic hydroxyl groups is 1. The fraction of sp³-hybridized carbons (Fsp3) is 0.385. The van der Waals surface area contributed by atoms with E-state index >= 15 is 0 Å². The van der Waals surface area contributed by atoms with Crippen LogP contribution in [0.5, 0.6) is 0 Å². The summed E-state index contributed by atoms with van der Waals surface area (Å²) in [6.07, 6.45) is -0.767. The van der Waals surface area contributed by atoms with Gasteiger partial charge in [-0.2, -0.15) is 13.2 Å². The highest BCUT2D eigenvalue weighted by molar-refractivity contribution is 6.30. The molecule has 1 saturated heterocycles. The van der Waals surface area contributed by atoms with E-state index < -0.39 is 36.4 Å². The molecule has 264 valence electrons. The molecule has 3 aromatic carbocycles. The molecule has 6 nitrogen and oxygen atoms in total. The Hall–Kier alpha value is -3.47. The number of amides is 1. The van der Waals surface area contributed by atoms with Gasteiger partial charge in [0.15, 0.2) is 0 Å². The van der Waals surface area contributed by atoms with Gasteiger partial charge in [0.1, 0.15) is 11.9 Å². The van der Waals surface area contributed by atoms with Crippen molar-refractivity contribution in [2.75, 3.05) is 13.2 Å². The Morgan fingerprint density at radius 3 is 2.18 bits per heavy atom. The summed E-state index contributed by atoms with van der Waals surface area (Å²) in [5.41, 5.74) is 2.63. The summed E-state index contributed by atoms with van der Waals surface area (Å²) in [6.45, 7) is 5.18. The van der Waals surface area contributed by atoms with E-state index in [9.17, 15) is 23.1 Å². The maximum Gasteiger partial charge on any atom is 0.412 e. The molecule has 0 aromatic heterocycles. The molecule has 0 spiro atoms. The number of rotatable bonds is 9. The molecule has 3 aliphatic rings. The van der Waals surface area contributed by atoms with Crippen LogP contribution in [0, 0.1) is 0 Å². The van der Waals surface area contributed by atoms with E-state index in [1.165, 1.54) is 6.08 Å². The van der Waals surface area contributed by atoms with Crippen molar-refractivity contribution in [3.05, 3.63) is 128 Å². The SMILES string of the molecule is CC(C)OC1CC(C(F)(F)F)=CC=C1C1=NC(c2ccc(Cl)cc2)C(c2ccc(Cl)cc2)N1C(=O)c1ccc(CN2CCCCC2CO)cc1. The zero-order valence-corrected chi connectivity index (χ0v) is 29.4. The Morgan fingerprint density at radius 1 is 0.940 bits per heavy atom. The standard InChI is InChI=1S/C39H40Cl2F3N3O3/c1-24(2)50-34-21-29(39(42,43)44)14-19-33(34)37-45-35(26-10-15-30(40)16-11-26)36(27-12-17-31(41)18-13-27)47(37)38(49)28-8-6-25(7-9-28)22-46-20-4-3-5-32(46)23-48/h6-19,24,32,34-36,48H,3-5,20-23H2,1-2H3. The second-order valence-corrected chi connectivity index (χ2v) is 14.2. The number of nitrogens with zero attached hydrogens (tertiary/aromatic N) is 3. The van der Waals surface area contributed by atoms with Gasteiger partial charge in [0, 0.05) is 45.8 Å². The summed E-state index contributed by atoms with van der Waals surface area (Å²) in [4.78, 5) is 23.8. The molecule has 1 fully saturated rings. The van der Waals surface area contributed by atoms with Crippen LogP contribution < -0.4 is 0 Å². The number of allylic oxidation sites excluding steroid dienone is 2. The number of likely N-dealkylation sites (tertiary alicyclic amines) is 1. The van der Waals surface area contributed by atoms with Gasteiger partial charge < -0.3 is 9.84 Å². The predicted octanol–water partition coefficient (Wildman–Crippen LogP) is 9.29. The molecule has 4 atom stereocenters. The minimum atomic E-state index is -4.53. The first kappa shape index (κ1) is 36.3. The highest BCUT2D eigenvalue weighted by Gasteiger charge is 2.46. The third kappa shape index (κ3) is 8.03. The molecule has 50 heavy (non-hydrogen) atoms. The van der Waals surface area contributed by atoms with Gasteiger partial charge in [-0.3, -0.25) is 19.6 Å². The van der Waals surface area contributed by atoms with Crippen molar-refractivity contribution in [1.29, 1.82) is 0 Å². The number of hydrogen-bond donors (Lipinski definition) is 1. The Kier molecular flexibility index (Phi) is 11.2. The van der Waals surface area contributed by atoms with Crippen LogP contribution in [0.15, 0.2) is 101 Å². The van der Waals surface area contributed by atoms with Gasteiger partial charge in [-0.15, -0.1) is 0 Å². The van der Waals surface area contributed by atoms with E-state index in [0.29, 0.717) is 27.7 Å². The number of benzene rings is 3. The van der Waals surface area contributed by atoms with Crippen molar-refractivity contribution in [3.63, 3.8) is 0 Å². The largest absolute Gasteiger partial charge is 0.412 e. The second-order valence-electron chi connectivity index (χ2n) is 13.3. The summed E-state index contributed by atoms with van der Waals surface area (Å²) >= 11 is 12.5. The van der Waals surface area contributed by atoms with Crippen LogP contribution in [0.25, 0.3) is 0 Å². The van der Waals surface area contributed by atoms with Crippen molar-refractivity contribution >= 4 is 34.9 Å². The first-order valence-corrected chi connectivity index (χ1v) is 17.7. The molecule has 2 heterocycles. The zero-order chi connectivity index (χ0) is 35.6. The Balaban J connectivity index is 1.45. The number of piperidine rings is 1. The van der Waals surface area contributed by atoms with Crippen molar-refractivity contribution in [1.82, 2.24) is 9.80 Å². The van der Waals surface area contributed by atoms with Gasteiger partial charge in [0.05, 0.1) is 24.9 Å². The van der Waals surface area contributed by atoms with Crippen molar-refractivity contribution in [3.8, 4) is 0 Å². The van der Waals surface area contributed by atoms with Crippen LogP contribution in [0.4, 0.5) is 13.2 Å². The molecule has 0 bridgehead atoms. The lowest BCUT2D eigenvalue weighted by Crippen LogP contribution is -2.42. The third-order valence-electron chi connectivity index (χ3n) is 9.53. The van der Waals surface area contributed by atoms with E-state index in [1.54, 1.807) is 55.1 Å². The highest BCUT2D eigenvalue weighted by atomic mass is 35.5. The van der Waals surface area contributed by atoms with Crippen LogP contribution in [-0.2, 0) is 11.3 Å². The first-order chi connectivity index (χ1) is 23.9. The van der Waals surface area contributed by atoms with Crippen LogP contribution in [0.1, 0.15) is 78.7 Å². The van der Waals surface area contributed by atoms with Gasteiger partial charge in [-0.05, 0) is 86.3 Å². The molecule has 6 rings (SSSR count). The molecule has 2 aliphatic heterocycles. The molecule has 0 saturated carbocycles. The lowest BCUT2D eigenvalue weighted by atomic mass is 9.91. The molecule has 11 heteroatoms. The summed E-state index contributed by atoms with van der Waals surface area (Å²) in [7, 11) is 0. The number of aliphatic hydroxyl groups excluding tert-OH is 1. The number of halogens is 5. The number of aliphatic imine (C=N–C) groups is 1. The topological polar surface area (TPSA) is 65.4 Å². The maximum absolute atomic E-state index is 14.8. The monoisotopic (exact) mass is 725 g/mol. The minimum absolute atomic E-state index is 0.103. The quantitative estimate of drug-likeness (QED) is 0.239.